The largest absolute Gasteiger partial charge is 0.340 e. The van der Waals surface area contributed by atoms with Crippen molar-refractivity contribution in [2.75, 3.05) is 44.4 Å². The van der Waals surface area contributed by atoms with E-state index in [1.54, 1.807) is 16.7 Å². The van der Waals surface area contributed by atoms with E-state index in [1.165, 1.54) is 11.1 Å². The number of carbonyl (C=O) groups excluding carboxylic acids is 2. The van der Waals surface area contributed by atoms with Gasteiger partial charge in [-0.2, -0.15) is 0 Å². The number of amides is 2. The van der Waals surface area contributed by atoms with Crippen molar-refractivity contribution < 1.29 is 9.59 Å². The van der Waals surface area contributed by atoms with Crippen molar-refractivity contribution in [2.45, 2.75) is 12.5 Å². The first kappa shape index (κ1) is 20.0. The molecule has 0 atom stereocenters. The van der Waals surface area contributed by atoms with Gasteiger partial charge in [-0.3, -0.25) is 14.5 Å². The lowest BCUT2D eigenvalue weighted by atomic mass is 9.96. The van der Waals surface area contributed by atoms with E-state index in [0.717, 1.165) is 32.1 Å². The molecule has 2 aliphatic heterocycles. The van der Waals surface area contributed by atoms with Crippen molar-refractivity contribution in [3.8, 4) is 0 Å². The number of piperazine rings is 1. The molecule has 2 aromatic carbocycles. The molecule has 6 heteroatoms. The van der Waals surface area contributed by atoms with E-state index < -0.39 is 0 Å². The highest BCUT2D eigenvalue weighted by molar-refractivity contribution is 8.00. The molecule has 2 aliphatic rings. The molecule has 2 fully saturated rings. The van der Waals surface area contributed by atoms with Crippen LogP contribution in [0.1, 0.15) is 23.6 Å². The van der Waals surface area contributed by atoms with Gasteiger partial charge in [0.2, 0.25) is 11.8 Å². The lowest BCUT2D eigenvalue weighted by Crippen LogP contribution is -2.50. The molecule has 2 saturated heterocycles. The lowest BCUT2D eigenvalue weighted by Gasteiger charge is -2.40. The third kappa shape index (κ3) is 4.82. The van der Waals surface area contributed by atoms with E-state index in [0.29, 0.717) is 18.7 Å². The van der Waals surface area contributed by atoms with Crippen molar-refractivity contribution in [3.63, 3.8) is 0 Å². The van der Waals surface area contributed by atoms with Gasteiger partial charge >= 0.3 is 0 Å². The monoisotopic (exact) mass is 409 g/mol. The van der Waals surface area contributed by atoms with Crippen LogP contribution in [0.25, 0.3) is 0 Å². The maximum Gasteiger partial charge on any atom is 0.233 e. The van der Waals surface area contributed by atoms with E-state index in [-0.39, 0.29) is 17.9 Å². The number of hydrogen-bond donors (Lipinski definition) is 0. The molecule has 0 bridgehead atoms. The topological polar surface area (TPSA) is 43.9 Å². The molecule has 0 radical (unpaired) electrons. The Morgan fingerprint density at radius 2 is 1.48 bits per heavy atom. The summed E-state index contributed by atoms with van der Waals surface area (Å²) in [4.78, 5) is 30.6. The van der Waals surface area contributed by atoms with Crippen molar-refractivity contribution in [1.29, 1.82) is 0 Å². The molecule has 5 nitrogen and oxygen atoms in total. The first-order valence-electron chi connectivity index (χ1n) is 10.2. The van der Waals surface area contributed by atoms with Crippen LogP contribution in [0.5, 0.6) is 0 Å². The van der Waals surface area contributed by atoms with Crippen molar-refractivity contribution >= 4 is 23.6 Å². The van der Waals surface area contributed by atoms with Crippen molar-refractivity contribution in [2.24, 2.45) is 0 Å². The maximum atomic E-state index is 12.6. The first-order chi connectivity index (χ1) is 14.2. The molecular weight excluding hydrogens is 382 g/mol. The standard InChI is InChI=1S/C23H27N3O2S/c27-21(11-12-26-18-29-17-22(26)28)24-13-15-25(16-14-24)23(19-7-3-1-4-8-19)20-9-5-2-6-10-20/h1-10,23H,11-18H2. The van der Waals surface area contributed by atoms with Crippen molar-refractivity contribution in [3.05, 3.63) is 71.8 Å². The minimum absolute atomic E-state index is 0.154. The molecule has 2 amide bonds. The van der Waals surface area contributed by atoms with Gasteiger partial charge in [0.05, 0.1) is 17.7 Å². The van der Waals surface area contributed by atoms with Crippen LogP contribution in [0, 0.1) is 0 Å². The fourth-order valence-corrected chi connectivity index (χ4v) is 5.04. The molecule has 29 heavy (non-hydrogen) atoms. The summed E-state index contributed by atoms with van der Waals surface area (Å²) in [5.74, 6) is 1.58. The normalized spacial score (nSPS) is 17.9. The van der Waals surface area contributed by atoms with E-state index >= 15 is 0 Å². The third-order valence-electron chi connectivity index (χ3n) is 5.68. The summed E-state index contributed by atoms with van der Waals surface area (Å²) in [5.41, 5.74) is 2.56. The second-order valence-corrected chi connectivity index (χ2v) is 8.48. The van der Waals surface area contributed by atoms with Gasteiger partial charge in [-0.05, 0) is 11.1 Å². The summed E-state index contributed by atoms with van der Waals surface area (Å²) >= 11 is 1.62. The Morgan fingerprint density at radius 1 is 0.897 bits per heavy atom. The number of nitrogens with zero attached hydrogens (tertiary/aromatic N) is 3. The van der Waals surface area contributed by atoms with Crippen LogP contribution in [-0.4, -0.2) is 70.9 Å². The smallest absolute Gasteiger partial charge is 0.233 e. The van der Waals surface area contributed by atoms with Gasteiger partial charge < -0.3 is 9.80 Å². The van der Waals surface area contributed by atoms with E-state index in [2.05, 4.69) is 53.4 Å². The number of carbonyl (C=O) groups is 2. The van der Waals surface area contributed by atoms with Crippen LogP contribution in [0.2, 0.25) is 0 Å². The van der Waals surface area contributed by atoms with Gasteiger partial charge in [0.25, 0.3) is 0 Å². The fraction of sp³-hybridized carbons (Fsp3) is 0.391. The minimum atomic E-state index is 0.154. The molecule has 152 valence electrons. The average molecular weight is 410 g/mol. The number of hydrogen-bond acceptors (Lipinski definition) is 4. The fourth-order valence-electron chi connectivity index (χ4n) is 4.10. The van der Waals surface area contributed by atoms with Crippen LogP contribution in [-0.2, 0) is 9.59 Å². The Morgan fingerprint density at radius 3 is 2.00 bits per heavy atom. The van der Waals surface area contributed by atoms with Gasteiger partial charge in [-0.1, -0.05) is 60.7 Å². The molecule has 4 rings (SSSR count). The van der Waals surface area contributed by atoms with Crippen LogP contribution in [0.3, 0.4) is 0 Å². The highest BCUT2D eigenvalue weighted by Crippen LogP contribution is 2.29. The summed E-state index contributed by atoms with van der Waals surface area (Å²) in [6, 6.07) is 21.4. The lowest BCUT2D eigenvalue weighted by molar-refractivity contribution is -0.134. The average Bonchev–Trinajstić information content (AvgIpc) is 3.19. The quantitative estimate of drug-likeness (QED) is 0.736. The summed E-state index contributed by atoms with van der Waals surface area (Å²) in [5, 5.41) is 0. The van der Waals surface area contributed by atoms with Crippen molar-refractivity contribution in [1.82, 2.24) is 14.7 Å². The van der Waals surface area contributed by atoms with Crippen LogP contribution >= 0.6 is 11.8 Å². The summed E-state index contributed by atoms with van der Waals surface area (Å²) in [6.45, 7) is 3.70. The molecule has 2 aromatic rings. The number of rotatable bonds is 6. The van der Waals surface area contributed by atoms with Gasteiger partial charge in [0.15, 0.2) is 0 Å². The Labute approximate surface area is 176 Å². The molecule has 0 spiro atoms. The zero-order chi connectivity index (χ0) is 20.1. The van der Waals surface area contributed by atoms with Crippen LogP contribution in [0.4, 0.5) is 0 Å². The number of thioether (sulfide) groups is 1. The zero-order valence-electron chi connectivity index (χ0n) is 16.6. The van der Waals surface area contributed by atoms with Gasteiger partial charge in [-0.25, -0.2) is 0 Å². The number of benzene rings is 2. The minimum Gasteiger partial charge on any atom is -0.340 e. The van der Waals surface area contributed by atoms with Gasteiger partial charge in [0.1, 0.15) is 0 Å². The zero-order valence-corrected chi connectivity index (χ0v) is 17.4. The molecule has 0 aromatic heterocycles. The molecule has 0 N–H and O–H groups in total. The maximum absolute atomic E-state index is 12.6. The van der Waals surface area contributed by atoms with E-state index in [1.807, 2.05) is 17.0 Å². The second kappa shape index (κ2) is 9.46. The Bertz CT molecular complexity index is 783. The first-order valence-corrected chi connectivity index (χ1v) is 11.3. The SMILES string of the molecule is O=C(CCN1CSCC1=O)N1CCN(C(c2ccccc2)c2ccccc2)CC1. The van der Waals surface area contributed by atoms with Gasteiger partial charge in [0, 0.05) is 39.1 Å². The molecule has 0 saturated carbocycles. The summed E-state index contributed by atoms with van der Waals surface area (Å²) in [6.07, 6.45) is 0.424. The second-order valence-electron chi connectivity index (χ2n) is 7.53. The van der Waals surface area contributed by atoms with Crippen LogP contribution < -0.4 is 0 Å². The predicted molar refractivity (Wildman–Crippen MR) is 117 cm³/mol. The molecule has 0 unspecified atom stereocenters. The molecule has 0 aliphatic carbocycles. The summed E-state index contributed by atoms with van der Waals surface area (Å²) < 4.78 is 0. The highest BCUT2D eigenvalue weighted by Gasteiger charge is 2.28. The Balaban J connectivity index is 1.38. The Hall–Kier alpha value is -2.31. The van der Waals surface area contributed by atoms with E-state index in [9.17, 15) is 9.59 Å². The van der Waals surface area contributed by atoms with Crippen LogP contribution in [0.15, 0.2) is 60.7 Å². The predicted octanol–water partition coefficient (Wildman–Crippen LogP) is 2.84. The highest BCUT2D eigenvalue weighted by atomic mass is 32.2. The van der Waals surface area contributed by atoms with Gasteiger partial charge in [-0.15, -0.1) is 11.8 Å². The Kier molecular flexibility index (Phi) is 6.52. The third-order valence-corrected chi connectivity index (χ3v) is 6.63. The van der Waals surface area contributed by atoms with E-state index in [4.69, 9.17) is 0 Å². The summed E-state index contributed by atoms with van der Waals surface area (Å²) in [7, 11) is 0. The molecular formula is C23H27N3O2S. The molecule has 2 heterocycles.